The summed E-state index contributed by atoms with van der Waals surface area (Å²) in [5.74, 6) is 3.11. The molecular weight excluding hydrogens is 244 g/mol. The second-order valence-electron chi connectivity index (χ2n) is 3.44. The monoisotopic (exact) mass is 262 g/mol. The minimum Gasteiger partial charge on any atom is -0.342 e. The highest BCUT2D eigenvalue weighted by Gasteiger charge is 2.32. The zero-order chi connectivity index (χ0) is 12.0. The fourth-order valence-corrected chi connectivity index (χ4v) is 2.79. The van der Waals surface area contributed by atoms with E-state index in [0.29, 0.717) is 11.5 Å². The lowest BCUT2D eigenvalue weighted by molar-refractivity contribution is -0.135. The number of rotatable bonds is 6. The molecule has 0 radical (unpaired) electrons. The summed E-state index contributed by atoms with van der Waals surface area (Å²) in [7, 11) is 0. The molecule has 1 fully saturated rings. The van der Waals surface area contributed by atoms with Crippen LogP contribution in [0.25, 0.3) is 0 Å². The molecule has 4 nitrogen and oxygen atoms in total. The van der Waals surface area contributed by atoms with Gasteiger partial charge < -0.3 is 10.6 Å². The first-order valence-electron chi connectivity index (χ1n) is 5.45. The van der Waals surface area contributed by atoms with Crippen molar-refractivity contribution in [3.63, 3.8) is 0 Å². The molecule has 1 rings (SSSR count). The molecule has 0 aromatic rings. The van der Waals surface area contributed by atoms with Crippen LogP contribution < -0.4 is 10.6 Å². The van der Waals surface area contributed by atoms with E-state index in [0.717, 1.165) is 11.5 Å². The molecule has 0 aromatic heterocycles. The summed E-state index contributed by atoms with van der Waals surface area (Å²) < 4.78 is 0. The fourth-order valence-electron chi connectivity index (χ4n) is 1.38. The van der Waals surface area contributed by atoms with Gasteiger partial charge in [0, 0.05) is 11.5 Å². The normalized spacial score (nSPS) is 25.1. The van der Waals surface area contributed by atoms with Gasteiger partial charge in [0.2, 0.25) is 11.8 Å². The van der Waals surface area contributed by atoms with Crippen molar-refractivity contribution >= 4 is 35.3 Å². The highest BCUT2D eigenvalue weighted by molar-refractivity contribution is 7.99. The van der Waals surface area contributed by atoms with Crippen LogP contribution in [-0.2, 0) is 9.59 Å². The molecule has 0 aromatic carbocycles. The lowest BCUT2D eigenvalue weighted by atomic mass is 10.2. The second kappa shape index (κ2) is 7.06. The molecule has 92 valence electrons. The van der Waals surface area contributed by atoms with Crippen LogP contribution >= 0.6 is 23.5 Å². The lowest BCUT2D eigenvalue weighted by Crippen LogP contribution is -2.63. The van der Waals surface area contributed by atoms with E-state index < -0.39 is 0 Å². The molecule has 6 heteroatoms. The Bertz CT molecular complexity index is 235. The highest BCUT2D eigenvalue weighted by atomic mass is 32.2. The van der Waals surface area contributed by atoms with Crippen molar-refractivity contribution in [1.29, 1.82) is 0 Å². The fraction of sp³-hybridized carbons (Fsp3) is 0.800. The van der Waals surface area contributed by atoms with Gasteiger partial charge in [0.25, 0.3) is 0 Å². The predicted octanol–water partition coefficient (Wildman–Crippen LogP) is 0.476. The van der Waals surface area contributed by atoms with E-state index in [2.05, 4.69) is 10.6 Å². The standard InChI is InChI=1S/C10H18N2O2S2/c1-3-15-5-7-9(13)12-8(6-16-4-2)10(14)11-7/h7-8H,3-6H2,1-2H3,(H,11,14)(H,12,13)/t7-,8-/m1/s1. The molecule has 1 saturated heterocycles. The molecular formula is C10H18N2O2S2. The molecule has 2 amide bonds. The summed E-state index contributed by atoms with van der Waals surface area (Å²) in [5, 5.41) is 5.55. The topological polar surface area (TPSA) is 58.2 Å². The minimum atomic E-state index is -0.361. The molecule has 0 bridgehead atoms. The highest BCUT2D eigenvalue weighted by Crippen LogP contribution is 2.09. The Labute approximate surface area is 105 Å². The number of hydrogen-bond acceptors (Lipinski definition) is 4. The third-order valence-electron chi connectivity index (χ3n) is 2.24. The largest absolute Gasteiger partial charge is 0.342 e. The second-order valence-corrected chi connectivity index (χ2v) is 6.08. The van der Waals surface area contributed by atoms with Crippen LogP contribution in [0.1, 0.15) is 13.8 Å². The smallest absolute Gasteiger partial charge is 0.244 e. The van der Waals surface area contributed by atoms with Gasteiger partial charge in [-0.1, -0.05) is 13.8 Å². The number of carbonyl (C=O) groups is 2. The molecule has 2 N–H and O–H groups in total. The summed E-state index contributed by atoms with van der Waals surface area (Å²) in [4.78, 5) is 23.3. The Morgan fingerprint density at radius 1 is 0.938 bits per heavy atom. The molecule has 16 heavy (non-hydrogen) atoms. The Morgan fingerprint density at radius 2 is 1.31 bits per heavy atom. The van der Waals surface area contributed by atoms with Crippen LogP contribution in [0.3, 0.4) is 0 Å². The zero-order valence-electron chi connectivity index (χ0n) is 9.62. The molecule has 1 heterocycles. The van der Waals surface area contributed by atoms with Crippen LogP contribution in [-0.4, -0.2) is 46.9 Å². The Hall–Kier alpha value is -0.360. The summed E-state index contributed by atoms with van der Waals surface area (Å²) in [6.45, 7) is 4.07. The Morgan fingerprint density at radius 3 is 1.62 bits per heavy atom. The average molecular weight is 262 g/mol. The third-order valence-corrected chi connectivity index (χ3v) is 4.20. The quantitative estimate of drug-likeness (QED) is 0.731. The van der Waals surface area contributed by atoms with Gasteiger partial charge in [0.1, 0.15) is 12.1 Å². The van der Waals surface area contributed by atoms with Crippen molar-refractivity contribution in [2.24, 2.45) is 0 Å². The molecule has 1 aliphatic heterocycles. The van der Waals surface area contributed by atoms with Crippen molar-refractivity contribution < 1.29 is 9.59 Å². The maximum Gasteiger partial charge on any atom is 0.244 e. The predicted molar refractivity (Wildman–Crippen MR) is 69.9 cm³/mol. The first kappa shape index (κ1) is 13.7. The van der Waals surface area contributed by atoms with Gasteiger partial charge in [-0.2, -0.15) is 23.5 Å². The van der Waals surface area contributed by atoms with Crippen molar-refractivity contribution in [2.75, 3.05) is 23.0 Å². The Kier molecular flexibility index (Phi) is 6.05. The number of piperazine rings is 1. The van der Waals surface area contributed by atoms with E-state index in [-0.39, 0.29) is 23.9 Å². The maximum absolute atomic E-state index is 11.7. The van der Waals surface area contributed by atoms with Crippen molar-refractivity contribution in [3.8, 4) is 0 Å². The number of nitrogens with one attached hydrogen (secondary N) is 2. The zero-order valence-corrected chi connectivity index (χ0v) is 11.2. The summed E-state index contributed by atoms with van der Waals surface area (Å²) in [6, 6.07) is -0.722. The van der Waals surface area contributed by atoms with E-state index in [1.54, 1.807) is 23.5 Å². The molecule has 2 atom stereocenters. The molecule has 0 aliphatic carbocycles. The van der Waals surface area contributed by atoms with Gasteiger partial charge in [0.05, 0.1) is 0 Å². The van der Waals surface area contributed by atoms with Crippen LogP contribution in [0.15, 0.2) is 0 Å². The lowest BCUT2D eigenvalue weighted by Gasteiger charge is -2.29. The SMILES string of the molecule is CCSC[C@H]1NC(=O)[C@@H](CSCC)NC1=O. The summed E-state index contributed by atoms with van der Waals surface area (Å²) >= 11 is 3.32. The molecule has 0 saturated carbocycles. The van der Waals surface area contributed by atoms with E-state index in [4.69, 9.17) is 0 Å². The average Bonchev–Trinajstić information content (AvgIpc) is 2.28. The van der Waals surface area contributed by atoms with E-state index >= 15 is 0 Å². The first-order valence-corrected chi connectivity index (χ1v) is 7.76. The first-order chi connectivity index (χ1) is 7.69. The minimum absolute atomic E-state index is 0.0535. The number of carbonyl (C=O) groups excluding carboxylic acids is 2. The number of hydrogen-bond donors (Lipinski definition) is 2. The van der Waals surface area contributed by atoms with E-state index in [1.807, 2.05) is 13.8 Å². The molecule has 0 unspecified atom stereocenters. The maximum atomic E-state index is 11.7. The van der Waals surface area contributed by atoms with Crippen LogP contribution in [0.4, 0.5) is 0 Å². The van der Waals surface area contributed by atoms with Gasteiger partial charge in [-0.3, -0.25) is 9.59 Å². The molecule has 1 aliphatic rings. The van der Waals surface area contributed by atoms with E-state index in [1.165, 1.54) is 0 Å². The number of thioether (sulfide) groups is 2. The van der Waals surface area contributed by atoms with Gasteiger partial charge in [-0.05, 0) is 11.5 Å². The van der Waals surface area contributed by atoms with Crippen molar-refractivity contribution in [1.82, 2.24) is 10.6 Å². The Balaban J connectivity index is 2.43. The number of amides is 2. The van der Waals surface area contributed by atoms with Crippen LogP contribution in [0, 0.1) is 0 Å². The van der Waals surface area contributed by atoms with Crippen LogP contribution in [0.5, 0.6) is 0 Å². The van der Waals surface area contributed by atoms with Crippen molar-refractivity contribution in [2.45, 2.75) is 25.9 Å². The van der Waals surface area contributed by atoms with E-state index in [9.17, 15) is 9.59 Å². The van der Waals surface area contributed by atoms with Gasteiger partial charge in [-0.25, -0.2) is 0 Å². The van der Waals surface area contributed by atoms with Crippen molar-refractivity contribution in [3.05, 3.63) is 0 Å². The van der Waals surface area contributed by atoms with Crippen LogP contribution in [0.2, 0.25) is 0 Å². The van der Waals surface area contributed by atoms with Gasteiger partial charge in [0.15, 0.2) is 0 Å². The third kappa shape index (κ3) is 3.90. The van der Waals surface area contributed by atoms with Gasteiger partial charge in [-0.15, -0.1) is 0 Å². The summed E-state index contributed by atoms with van der Waals surface area (Å²) in [6.07, 6.45) is 0. The summed E-state index contributed by atoms with van der Waals surface area (Å²) in [5.41, 5.74) is 0. The molecule has 0 spiro atoms. The van der Waals surface area contributed by atoms with Gasteiger partial charge >= 0.3 is 0 Å².